The molecule has 0 radical (unpaired) electrons. The van der Waals surface area contributed by atoms with Crippen LogP contribution in [0.2, 0.25) is 5.02 Å². The van der Waals surface area contributed by atoms with Crippen LogP contribution in [0.15, 0.2) is 36.4 Å². The SMILES string of the molecule is Cc1c(NC(=O)c2nc3c(n2C)CCC(CC(=O)O)CCC3)cccc1-c1cccc(NC(=O)c2nc3c(n2C)CCNC3)c1Cl. The lowest BCUT2D eigenvalue weighted by Crippen LogP contribution is -2.24. The summed E-state index contributed by atoms with van der Waals surface area (Å²) in [6.45, 7) is 3.40. The Morgan fingerprint density at radius 3 is 2.22 bits per heavy atom. The van der Waals surface area contributed by atoms with Crippen LogP contribution in [0, 0.1) is 12.8 Å². The van der Waals surface area contributed by atoms with Crippen LogP contribution in [0.25, 0.3) is 11.1 Å². The number of carboxylic acids is 1. The van der Waals surface area contributed by atoms with Gasteiger partial charge in [-0.1, -0.05) is 35.9 Å². The lowest BCUT2D eigenvalue weighted by atomic mass is 9.89. The molecule has 4 aromatic rings. The number of rotatable bonds is 7. The van der Waals surface area contributed by atoms with Gasteiger partial charge in [0.05, 0.1) is 22.1 Å². The number of benzene rings is 2. The fraction of sp³-hybridized carbons (Fsp3) is 0.382. The highest BCUT2D eigenvalue weighted by Crippen LogP contribution is 2.38. The first kappa shape index (κ1) is 31.5. The van der Waals surface area contributed by atoms with Crippen molar-refractivity contribution in [2.45, 2.75) is 58.4 Å². The first-order valence-corrected chi connectivity index (χ1v) is 16.0. The molecular formula is C34H38ClN7O4. The molecule has 4 N–H and O–H groups in total. The number of nitrogens with zero attached hydrogens (tertiary/aromatic N) is 4. The molecule has 240 valence electrons. The molecule has 0 spiro atoms. The maximum Gasteiger partial charge on any atom is 0.303 e. The Morgan fingerprint density at radius 2 is 1.52 bits per heavy atom. The monoisotopic (exact) mass is 643 g/mol. The molecule has 2 aliphatic rings. The van der Waals surface area contributed by atoms with Crippen molar-refractivity contribution in [3.05, 3.63) is 81.4 Å². The van der Waals surface area contributed by atoms with Crippen molar-refractivity contribution in [3.8, 4) is 11.1 Å². The molecule has 6 rings (SSSR count). The van der Waals surface area contributed by atoms with Crippen molar-refractivity contribution in [2.24, 2.45) is 20.0 Å². The molecule has 46 heavy (non-hydrogen) atoms. The average Bonchev–Trinajstić information content (AvgIpc) is 3.52. The third-order valence-electron chi connectivity index (χ3n) is 9.23. The highest BCUT2D eigenvalue weighted by atomic mass is 35.5. The second kappa shape index (κ2) is 13.1. The molecule has 0 fully saturated rings. The normalized spacial score (nSPS) is 16.1. The van der Waals surface area contributed by atoms with Crippen molar-refractivity contribution in [1.29, 1.82) is 0 Å². The van der Waals surface area contributed by atoms with Crippen molar-refractivity contribution >= 4 is 40.8 Å². The first-order chi connectivity index (χ1) is 22.1. The lowest BCUT2D eigenvalue weighted by molar-refractivity contribution is -0.138. The number of fused-ring (bicyclic) bond motifs is 2. The molecule has 0 saturated heterocycles. The van der Waals surface area contributed by atoms with Crippen LogP contribution in [0.1, 0.15) is 75.3 Å². The number of anilines is 2. The largest absolute Gasteiger partial charge is 0.481 e. The van der Waals surface area contributed by atoms with Gasteiger partial charge in [-0.3, -0.25) is 14.4 Å². The molecule has 11 nitrogen and oxygen atoms in total. The number of amides is 2. The number of aliphatic carboxylic acids is 1. The molecule has 2 amide bonds. The Labute approximate surface area is 272 Å². The van der Waals surface area contributed by atoms with E-state index in [2.05, 4.69) is 20.9 Å². The van der Waals surface area contributed by atoms with Crippen LogP contribution >= 0.6 is 11.6 Å². The summed E-state index contributed by atoms with van der Waals surface area (Å²) in [6.07, 6.45) is 4.81. The van der Waals surface area contributed by atoms with Gasteiger partial charge in [-0.15, -0.1) is 0 Å². The summed E-state index contributed by atoms with van der Waals surface area (Å²) in [5, 5.41) is 18.9. The van der Waals surface area contributed by atoms with Crippen LogP contribution in [0.5, 0.6) is 0 Å². The zero-order chi connectivity index (χ0) is 32.5. The summed E-state index contributed by atoms with van der Waals surface area (Å²) in [6, 6.07) is 11.1. The van der Waals surface area contributed by atoms with E-state index in [9.17, 15) is 19.5 Å². The van der Waals surface area contributed by atoms with E-state index in [0.717, 1.165) is 66.1 Å². The van der Waals surface area contributed by atoms with Gasteiger partial charge < -0.3 is 30.2 Å². The molecule has 1 atom stereocenters. The van der Waals surface area contributed by atoms with Crippen LogP contribution in [0.3, 0.4) is 0 Å². The van der Waals surface area contributed by atoms with E-state index in [1.54, 1.807) is 6.07 Å². The van der Waals surface area contributed by atoms with E-state index < -0.39 is 5.97 Å². The quantitative estimate of drug-likeness (QED) is 0.214. The van der Waals surface area contributed by atoms with Crippen molar-refractivity contribution in [2.75, 3.05) is 17.2 Å². The zero-order valence-corrected chi connectivity index (χ0v) is 27.0. The summed E-state index contributed by atoms with van der Waals surface area (Å²) in [7, 11) is 3.70. The van der Waals surface area contributed by atoms with Gasteiger partial charge in [-0.05, 0) is 68.2 Å². The van der Waals surface area contributed by atoms with Gasteiger partial charge in [0.2, 0.25) is 0 Å². The Kier molecular flexibility index (Phi) is 8.97. The number of nitrogens with one attached hydrogen (secondary N) is 3. The first-order valence-electron chi connectivity index (χ1n) is 15.6. The van der Waals surface area contributed by atoms with Gasteiger partial charge in [0.15, 0.2) is 11.6 Å². The number of carbonyl (C=O) groups excluding carboxylic acids is 2. The molecule has 12 heteroatoms. The van der Waals surface area contributed by atoms with Crippen LogP contribution in [-0.4, -0.2) is 48.5 Å². The standard InChI is InChI=1S/C34H38ClN7O4/c1-19-21(22-9-6-12-25(30(22)35)40-34(46)32-38-26-18-36-16-15-28(26)42(32)3)8-5-10-23(19)39-33(45)31-37-24-11-4-7-20(17-29(43)44)13-14-27(24)41(31)2/h5-6,8-10,12,20,36H,4,7,11,13-18H2,1-3H3,(H,39,45)(H,40,46)(H,43,44). The smallest absolute Gasteiger partial charge is 0.303 e. The zero-order valence-electron chi connectivity index (χ0n) is 26.2. The van der Waals surface area contributed by atoms with Crippen LogP contribution < -0.4 is 16.0 Å². The number of imidazole rings is 2. The molecule has 0 bridgehead atoms. The van der Waals surface area contributed by atoms with Gasteiger partial charge in [-0.2, -0.15) is 0 Å². The maximum absolute atomic E-state index is 13.6. The van der Waals surface area contributed by atoms with E-state index in [4.69, 9.17) is 16.6 Å². The van der Waals surface area contributed by atoms with Gasteiger partial charge in [0, 0.05) is 62.7 Å². The van der Waals surface area contributed by atoms with E-state index in [1.165, 1.54) is 0 Å². The van der Waals surface area contributed by atoms with E-state index in [0.29, 0.717) is 53.0 Å². The number of hydrogen-bond donors (Lipinski definition) is 4. The second-order valence-electron chi connectivity index (χ2n) is 12.2. The molecule has 1 unspecified atom stereocenters. The summed E-state index contributed by atoms with van der Waals surface area (Å²) >= 11 is 6.90. The number of halogens is 1. The molecule has 1 aliphatic carbocycles. The molecule has 3 heterocycles. The van der Waals surface area contributed by atoms with Gasteiger partial charge >= 0.3 is 5.97 Å². The Morgan fingerprint density at radius 1 is 0.891 bits per heavy atom. The molecule has 1 aliphatic heterocycles. The van der Waals surface area contributed by atoms with Gasteiger partial charge in [0.25, 0.3) is 11.8 Å². The van der Waals surface area contributed by atoms with E-state index in [-0.39, 0.29) is 24.2 Å². The predicted molar refractivity (Wildman–Crippen MR) is 176 cm³/mol. The Hall–Kier alpha value is -4.48. The van der Waals surface area contributed by atoms with Gasteiger partial charge in [0.1, 0.15) is 0 Å². The Bertz CT molecular complexity index is 1840. The number of aromatic nitrogens is 4. The molecule has 2 aromatic heterocycles. The van der Waals surface area contributed by atoms with E-state index in [1.807, 2.05) is 60.5 Å². The maximum atomic E-state index is 13.6. The topological polar surface area (TPSA) is 143 Å². The lowest BCUT2D eigenvalue weighted by Gasteiger charge is -2.18. The number of carboxylic acid groups (broad SMARTS) is 1. The minimum Gasteiger partial charge on any atom is -0.481 e. The third-order valence-corrected chi connectivity index (χ3v) is 9.64. The average molecular weight is 644 g/mol. The molecule has 2 aromatic carbocycles. The summed E-state index contributed by atoms with van der Waals surface area (Å²) in [5.74, 6) is -0.655. The number of hydrogen-bond acceptors (Lipinski definition) is 6. The summed E-state index contributed by atoms with van der Waals surface area (Å²) in [5.41, 5.74) is 7.26. The molecular weight excluding hydrogens is 606 g/mol. The highest BCUT2D eigenvalue weighted by Gasteiger charge is 2.26. The van der Waals surface area contributed by atoms with Gasteiger partial charge in [-0.25, -0.2) is 9.97 Å². The molecule has 0 saturated carbocycles. The van der Waals surface area contributed by atoms with Crippen molar-refractivity contribution in [3.63, 3.8) is 0 Å². The van der Waals surface area contributed by atoms with E-state index >= 15 is 0 Å². The summed E-state index contributed by atoms with van der Waals surface area (Å²) < 4.78 is 3.68. The fourth-order valence-electron chi connectivity index (χ4n) is 6.71. The summed E-state index contributed by atoms with van der Waals surface area (Å²) in [4.78, 5) is 47.4. The minimum absolute atomic E-state index is 0.125. The van der Waals surface area contributed by atoms with Crippen molar-refractivity contribution in [1.82, 2.24) is 24.4 Å². The van der Waals surface area contributed by atoms with Crippen molar-refractivity contribution < 1.29 is 19.5 Å². The van der Waals surface area contributed by atoms with Crippen LogP contribution in [0.4, 0.5) is 11.4 Å². The third kappa shape index (κ3) is 6.17. The van der Waals surface area contributed by atoms with Crippen LogP contribution in [-0.2, 0) is 44.7 Å². The minimum atomic E-state index is -0.772. The predicted octanol–water partition coefficient (Wildman–Crippen LogP) is 5.29. The Balaban J connectivity index is 1.21. The highest BCUT2D eigenvalue weighted by molar-refractivity contribution is 6.36. The second-order valence-corrected chi connectivity index (χ2v) is 12.5. The number of aryl methyl sites for hydroxylation is 1. The fourth-order valence-corrected chi connectivity index (χ4v) is 6.99. The number of carbonyl (C=O) groups is 3.